The van der Waals surface area contributed by atoms with Gasteiger partial charge in [-0.15, -0.1) is 0 Å². The Morgan fingerprint density at radius 2 is 1.44 bits per heavy atom. The molecule has 1 fully saturated rings. The maximum Gasteiger partial charge on any atom is 0.0590 e. The quantitative estimate of drug-likeness (QED) is 0.604. The molecule has 0 heterocycles. The maximum absolute atomic E-state index is 9.35. The van der Waals surface area contributed by atoms with Gasteiger partial charge in [-0.05, 0) is 38.5 Å². The van der Waals surface area contributed by atoms with E-state index in [4.69, 9.17) is 15.3 Å². The highest BCUT2D eigenvalue weighted by Crippen LogP contribution is 2.17. The van der Waals surface area contributed by atoms with E-state index in [-0.39, 0.29) is 30.8 Å². The van der Waals surface area contributed by atoms with E-state index in [2.05, 4.69) is 0 Å². The van der Waals surface area contributed by atoms with Crippen LogP contribution in [0.25, 0.3) is 0 Å². The van der Waals surface area contributed by atoms with E-state index in [0.717, 1.165) is 44.9 Å². The highest BCUT2D eigenvalue weighted by Gasteiger charge is 2.16. The van der Waals surface area contributed by atoms with Crippen molar-refractivity contribution in [2.75, 3.05) is 6.61 Å². The average Bonchev–Trinajstić information content (AvgIpc) is 2.36. The van der Waals surface area contributed by atoms with E-state index in [1.807, 2.05) is 13.8 Å². The summed E-state index contributed by atoms with van der Waals surface area (Å²) in [6, 6.07) is 0. The summed E-state index contributed by atoms with van der Waals surface area (Å²) in [5.74, 6) is 0.0833. The normalized spacial score (nSPS) is 27.0. The minimum absolute atomic E-state index is 0.0833. The number of aliphatic hydroxyl groups is 4. The van der Waals surface area contributed by atoms with Gasteiger partial charge >= 0.3 is 0 Å². The Morgan fingerprint density at radius 1 is 1.00 bits per heavy atom. The van der Waals surface area contributed by atoms with Crippen molar-refractivity contribution >= 4 is 0 Å². The van der Waals surface area contributed by atoms with Crippen LogP contribution in [0.5, 0.6) is 0 Å². The topological polar surface area (TPSA) is 80.9 Å². The third-order valence-electron chi connectivity index (χ3n) is 3.55. The monoisotopic (exact) mass is 262 g/mol. The van der Waals surface area contributed by atoms with Crippen molar-refractivity contribution in [3.05, 3.63) is 0 Å². The zero-order valence-corrected chi connectivity index (χ0v) is 11.8. The molecule has 0 amide bonds. The average molecular weight is 262 g/mol. The maximum atomic E-state index is 9.35. The molecular weight excluding hydrogens is 232 g/mol. The Kier molecular flexibility index (Phi) is 10.6. The van der Waals surface area contributed by atoms with Gasteiger partial charge in [0.2, 0.25) is 0 Å². The second kappa shape index (κ2) is 10.7. The molecular formula is C14H30O4. The van der Waals surface area contributed by atoms with E-state index in [1.54, 1.807) is 0 Å². The summed E-state index contributed by atoms with van der Waals surface area (Å²) < 4.78 is 0. The molecule has 0 spiro atoms. The third-order valence-corrected chi connectivity index (χ3v) is 3.55. The molecule has 0 aliphatic heterocycles. The summed E-state index contributed by atoms with van der Waals surface area (Å²) in [6.45, 7) is 4.13. The molecule has 4 nitrogen and oxygen atoms in total. The lowest BCUT2D eigenvalue weighted by molar-refractivity contribution is 0.0541. The zero-order valence-electron chi connectivity index (χ0n) is 11.8. The highest BCUT2D eigenvalue weighted by atomic mass is 16.3. The Morgan fingerprint density at radius 3 is 1.72 bits per heavy atom. The minimum Gasteiger partial charge on any atom is -0.396 e. The molecule has 1 aliphatic rings. The van der Waals surface area contributed by atoms with Gasteiger partial charge in [0, 0.05) is 12.5 Å². The highest BCUT2D eigenvalue weighted by molar-refractivity contribution is 4.69. The number of rotatable bonds is 5. The van der Waals surface area contributed by atoms with Crippen molar-refractivity contribution < 1.29 is 20.4 Å². The minimum atomic E-state index is -0.306. The van der Waals surface area contributed by atoms with Crippen LogP contribution in [-0.4, -0.2) is 45.3 Å². The fraction of sp³-hybridized carbons (Fsp3) is 1.00. The van der Waals surface area contributed by atoms with Crippen molar-refractivity contribution in [1.29, 1.82) is 0 Å². The molecule has 1 rings (SSSR count). The number of hydrogen-bond donors (Lipinski definition) is 4. The van der Waals surface area contributed by atoms with Gasteiger partial charge in [-0.25, -0.2) is 0 Å². The summed E-state index contributed by atoms with van der Waals surface area (Å²) in [7, 11) is 0. The van der Waals surface area contributed by atoms with E-state index in [9.17, 15) is 5.11 Å². The summed E-state index contributed by atoms with van der Waals surface area (Å²) in [5.41, 5.74) is 0. The van der Waals surface area contributed by atoms with E-state index >= 15 is 0 Å². The van der Waals surface area contributed by atoms with Gasteiger partial charge in [-0.2, -0.15) is 0 Å². The standard InChI is InChI=1S/C8H18O2.C6H12O2/c1-3-5-8(10)7(4-2)6-9;7-5-1-2-6(8)4-3-5/h7-10H,3-6H2,1-2H3;5-8H,1-4H2. The molecule has 0 radical (unpaired) electrons. The van der Waals surface area contributed by atoms with Crippen LogP contribution in [0, 0.1) is 5.92 Å². The summed E-state index contributed by atoms with van der Waals surface area (Å²) in [6.07, 6.45) is 5.18. The first-order valence-electron chi connectivity index (χ1n) is 7.20. The molecule has 4 N–H and O–H groups in total. The van der Waals surface area contributed by atoms with Crippen molar-refractivity contribution in [3.8, 4) is 0 Å². The Bertz CT molecular complexity index is 165. The second-order valence-corrected chi connectivity index (χ2v) is 5.17. The van der Waals surface area contributed by atoms with Gasteiger partial charge < -0.3 is 20.4 Å². The molecule has 110 valence electrons. The van der Waals surface area contributed by atoms with Crippen molar-refractivity contribution in [3.63, 3.8) is 0 Å². The molecule has 18 heavy (non-hydrogen) atoms. The van der Waals surface area contributed by atoms with Crippen LogP contribution >= 0.6 is 0 Å². The predicted molar refractivity (Wildman–Crippen MR) is 72.3 cm³/mol. The zero-order chi connectivity index (χ0) is 14.0. The smallest absolute Gasteiger partial charge is 0.0590 e. The van der Waals surface area contributed by atoms with E-state index in [1.165, 1.54) is 0 Å². The lowest BCUT2D eigenvalue weighted by Crippen LogP contribution is -2.22. The van der Waals surface area contributed by atoms with Gasteiger partial charge in [0.05, 0.1) is 18.3 Å². The molecule has 1 aliphatic carbocycles. The molecule has 1 saturated carbocycles. The first-order chi connectivity index (χ1) is 8.54. The van der Waals surface area contributed by atoms with E-state index < -0.39 is 0 Å². The van der Waals surface area contributed by atoms with Crippen LogP contribution in [-0.2, 0) is 0 Å². The predicted octanol–water partition coefficient (Wildman–Crippen LogP) is 1.45. The van der Waals surface area contributed by atoms with Crippen molar-refractivity contribution in [1.82, 2.24) is 0 Å². The van der Waals surface area contributed by atoms with Crippen molar-refractivity contribution in [2.45, 2.75) is 77.1 Å². The lowest BCUT2D eigenvalue weighted by atomic mass is 9.95. The Labute approximate surface area is 111 Å². The largest absolute Gasteiger partial charge is 0.396 e. The summed E-state index contributed by atoms with van der Waals surface area (Å²) >= 11 is 0. The first-order valence-corrected chi connectivity index (χ1v) is 7.20. The molecule has 0 aromatic heterocycles. The fourth-order valence-electron chi connectivity index (χ4n) is 2.11. The third kappa shape index (κ3) is 8.03. The second-order valence-electron chi connectivity index (χ2n) is 5.17. The molecule has 0 saturated heterocycles. The van der Waals surface area contributed by atoms with Gasteiger partial charge in [0.1, 0.15) is 0 Å². The lowest BCUT2D eigenvalue weighted by Gasteiger charge is -2.20. The number of hydrogen-bond acceptors (Lipinski definition) is 4. The van der Waals surface area contributed by atoms with Crippen LogP contribution in [0.4, 0.5) is 0 Å². The van der Waals surface area contributed by atoms with Crippen LogP contribution in [0.2, 0.25) is 0 Å². The van der Waals surface area contributed by atoms with E-state index in [0.29, 0.717) is 0 Å². The van der Waals surface area contributed by atoms with Crippen LogP contribution in [0.15, 0.2) is 0 Å². The van der Waals surface area contributed by atoms with Crippen LogP contribution in [0.1, 0.15) is 58.8 Å². The first kappa shape index (κ1) is 17.8. The summed E-state index contributed by atoms with van der Waals surface area (Å²) in [5, 5.41) is 35.9. The van der Waals surface area contributed by atoms with Gasteiger partial charge in [-0.3, -0.25) is 0 Å². The number of aliphatic hydroxyl groups excluding tert-OH is 4. The molecule has 0 aromatic rings. The van der Waals surface area contributed by atoms with Gasteiger partial charge in [0.15, 0.2) is 0 Å². The SMILES string of the molecule is CCCC(O)C(CC)CO.OC1CCC(O)CC1. The molecule has 4 heteroatoms. The molecule has 2 atom stereocenters. The Hall–Kier alpha value is -0.160. The van der Waals surface area contributed by atoms with Crippen molar-refractivity contribution in [2.24, 2.45) is 5.92 Å². The molecule has 0 aromatic carbocycles. The Balaban J connectivity index is 0.000000327. The summed E-state index contributed by atoms with van der Waals surface area (Å²) in [4.78, 5) is 0. The van der Waals surface area contributed by atoms with Crippen LogP contribution < -0.4 is 0 Å². The van der Waals surface area contributed by atoms with Crippen LogP contribution in [0.3, 0.4) is 0 Å². The molecule has 2 unspecified atom stereocenters. The molecule has 0 bridgehead atoms. The fourth-order valence-corrected chi connectivity index (χ4v) is 2.11. The van der Waals surface area contributed by atoms with Gasteiger partial charge in [-0.1, -0.05) is 20.3 Å². The van der Waals surface area contributed by atoms with Gasteiger partial charge in [0.25, 0.3) is 0 Å².